The summed E-state index contributed by atoms with van der Waals surface area (Å²) in [6.45, 7) is 3.18. The summed E-state index contributed by atoms with van der Waals surface area (Å²) in [5.74, 6) is 0. The van der Waals surface area contributed by atoms with Crippen LogP contribution in [0.4, 0.5) is 0 Å². The summed E-state index contributed by atoms with van der Waals surface area (Å²) in [6.07, 6.45) is 4.40. The Morgan fingerprint density at radius 3 is 2.68 bits per heavy atom. The topological polar surface area (TPSA) is 71.1 Å². The van der Waals surface area contributed by atoms with E-state index in [1.54, 1.807) is 24.0 Å². The monoisotopic (exact) mass is 303 g/mol. The third-order valence-corrected chi connectivity index (χ3v) is 5.12. The second-order valence-corrected chi connectivity index (χ2v) is 7.26. The molecule has 0 amide bonds. The number of sulfonamides is 1. The zero-order chi connectivity index (χ0) is 14.3. The number of pyridine rings is 1. The Bertz CT molecular complexity index is 474. The van der Waals surface area contributed by atoms with Crippen molar-refractivity contribution in [3.8, 4) is 0 Å². The maximum Gasteiger partial charge on any atom is 0.258 e. The van der Waals surface area contributed by atoms with Crippen molar-refractivity contribution in [2.45, 2.75) is 30.2 Å². The van der Waals surface area contributed by atoms with Crippen LogP contribution in [0.3, 0.4) is 0 Å². The molecule has 0 radical (unpaired) electrons. The van der Waals surface area contributed by atoms with Crippen molar-refractivity contribution in [3.05, 3.63) is 23.9 Å². The second-order valence-electron chi connectivity index (χ2n) is 4.27. The number of nitrogens with zero attached hydrogens (tertiary/aromatic N) is 1. The summed E-state index contributed by atoms with van der Waals surface area (Å²) in [7, 11) is -1.65. The van der Waals surface area contributed by atoms with E-state index in [4.69, 9.17) is 0 Å². The Morgan fingerprint density at radius 1 is 1.42 bits per heavy atom. The van der Waals surface area contributed by atoms with Crippen molar-refractivity contribution in [2.75, 3.05) is 19.8 Å². The first-order valence-corrected chi connectivity index (χ1v) is 8.88. The molecule has 0 bridgehead atoms. The summed E-state index contributed by atoms with van der Waals surface area (Å²) >= 11 is 1.72. The van der Waals surface area contributed by atoms with Crippen LogP contribution in [0.5, 0.6) is 0 Å². The maximum absolute atomic E-state index is 12.0. The lowest BCUT2D eigenvalue weighted by Gasteiger charge is -2.09. The van der Waals surface area contributed by atoms with Crippen LogP contribution < -0.4 is 10.0 Å². The summed E-state index contributed by atoms with van der Waals surface area (Å²) in [5, 5.41) is 3.50. The number of aromatic nitrogens is 1. The Hall–Kier alpha value is -0.630. The van der Waals surface area contributed by atoms with Crippen molar-refractivity contribution in [2.24, 2.45) is 0 Å². The first kappa shape index (κ1) is 16.4. The standard InChI is InChI=1S/C12H21N3O2S2/c1-10(18-3)6-7-15-19(16,17)12-5-4-11(8-13-2)9-14-12/h4-5,9-10,13,15H,6-8H2,1-3H3. The zero-order valence-electron chi connectivity index (χ0n) is 11.5. The van der Waals surface area contributed by atoms with Gasteiger partial charge in [-0.15, -0.1) is 0 Å². The Morgan fingerprint density at radius 2 is 2.16 bits per heavy atom. The summed E-state index contributed by atoms with van der Waals surface area (Å²) in [6, 6.07) is 3.30. The summed E-state index contributed by atoms with van der Waals surface area (Å²) in [4.78, 5) is 3.99. The van der Waals surface area contributed by atoms with Crippen LogP contribution in [-0.4, -0.2) is 38.5 Å². The molecular weight excluding hydrogens is 282 g/mol. The van der Waals surface area contributed by atoms with Gasteiger partial charge in [-0.05, 0) is 31.4 Å². The van der Waals surface area contributed by atoms with Crippen molar-refractivity contribution < 1.29 is 8.42 Å². The van der Waals surface area contributed by atoms with Crippen LogP contribution in [0.1, 0.15) is 18.9 Å². The van der Waals surface area contributed by atoms with E-state index in [9.17, 15) is 8.42 Å². The molecule has 0 fully saturated rings. The number of hydrogen-bond donors (Lipinski definition) is 2. The minimum absolute atomic E-state index is 0.0733. The second kappa shape index (κ2) is 7.84. The molecule has 1 atom stereocenters. The Labute approximate surface area is 119 Å². The average molecular weight is 303 g/mol. The van der Waals surface area contributed by atoms with Gasteiger partial charge in [-0.25, -0.2) is 18.1 Å². The summed E-state index contributed by atoms with van der Waals surface area (Å²) in [5.41, 5.74) is 0.956. The van der Waals surface area contributed by atoms with E-state index in [2.05, 4.69) is 21.9 Å². The fraction of sp³-hybridized carbons (Fsp3) is 0.583. The molecule has 0 aliphatic heterocycles. The highest BCUT2D eigenvalue weighted by Crippen LogP contribution is 2.10. The van der Waals surface area contributed by atoms with Crippen molar-refractivity contribution in [1.82, 2.24) is 15.0 Å². The molecule has 5 nitrogen and oxygen atoms in total. The molecule has 19 heavy (non-hydrogen) atoms. The SMILES string of the molecule is CNCc1ccc(S(=O)(=O)NCCC(C)SC)nc1. The van der Waals surface area contributed by atoms with Gasteiger partial charge < -0.3 is 5.32 Å². The van der Waals surface area contributed by atoms with Crippen molar-refractivity contribution in [1.29, 1.82) is 0 Å². The summed E-state index contributed by atoms with van der Waals surface area (Å²) < 4.78 is 26.5. The molecule has 108 valence electrons. The van der Waals surface area contributed by atoms with E-state index < -0.39 is 10.0 Å². The third-order valence-electron chi connectivity index (χ3n) is 2.70. The molecular formula is C12H21N3O2S2. The van der Waals surface area contributed by atoms with E-state index in [0.29, 0.717) is 18.3 Å². The minimum Gasteiger partial charge on any atom is -0.316 e. The highest BCUT2D eigenvalue weighted by molar-refractivity contribution is 7.99. The molecule has 0 saturated heterocycles. The van der Waals surface area contributed by atoms with E-state index in [-0.39, 0.29) is 5.03 Å². The molecule has 0 saturated carbocycles. The lowest BCUT2D eigenvalue weighted by atomic mass is 10.3. The van der Waals surface area contributed by atoms with Gasteiger partial charge in [-0.2, -0.15) is 11.8 Å². The number of thioether (sulfide) groups is 1. The molecule has 7 heteroatoms. The molecule has 0 aromatic carbocycles. The van der Waals surface area contributed by atoms with Crippen LogP contribution in [0.25, 0.3) is 0 Å². The predicted octanol–water partition coefficient (Wildman–Crippen LogP) is 1.22. The van der Waals surface area contributed by atoms with E-state index in [0.717, 1.165) is 12.0 Å². The molecule has 0 aliphatic carbocycles. The quantitative estimate of drug-likeness (QED) is 0.755. The first-order valence-electron chi connectivity index (χ1n) is 6.11. The van der Waals surface area contributed by atoms with E-state index in [1.165, 1.54) is 6.07 Å². The zero-order valence-corrected chi connectivity index (χ0v) is 13.1. The lowest BCUT2D eigenvalue weighted by molar-refractivity contribution is 0.575. The van der Waals surface area contributed by atoms with Gasteiger partial charge in [0.1, 0.15) is 0 Å². The fourth-order valence-corrected chi connectivity index (χ4v) is 2.79. The third kappa shape index (κ3) is 5.48. The molecule has 1 heterocycles. The van der Waals surface area contributed by atoms with Gasteiger partial charge in [0.2, 0.25) is 0 Å². The number of hydrogen-bond acceptors (Lipinski definition) is 5. The van der Waals surface area contributed by atoms with Crippen molar-refractivity contribution >= 4 is 21.8 Å². The van der Waals surface area contributed by atoms with E-state index >= 15 is 0 Å². The van der Waals surface area contributed by atoms with Crippen LogP contribution in [0, 0.1) is 0 Å². The molecule has 0 spiro atoms. The van der Waals surface area contributed by atoms with Gasteiger partial charge in [-0.3, -0.25) is 0 Å². The minimum atomic E-state index is -3.49. The van der Waals surface area contributed by atoms with E-state index in [1.807, 2.05) is 13.3 Å². The molecule has 1 unspecified atom stereocenters. The molecule has 0 aliphatic rings. The average Bonchev–Trinajstić information content (AvgIpc) is 2.39. The van der Waals surface area contributed by atoms with Gasteiger partial charge in [0.15, 0.2) is 5.03 Å². The van der Waals surface area contributed by atoms with Crippen LogP contribution in [0.15, 0.2) is 23.4 Å². The molecule has 1 aromatic heterocycles. The number of rotatable bonds is 8. The highest BCUT2D eigenvalue weighted by atomic mass is 32.2. The molecule has 2 N–H and O–H groups in total. The first-order chi connectivity index (χ1) is 8.99. The van der Waals surface area contributed by atoms with Crippen LogP contribution in [-0.2, 0) is 16.6 Å². The predicted molar refractivity (Wildman–Crippen MR) is 79.8 cm³/mol. The smallest absolute Gasteiger partial charge is 0.258 e. The normalized spacial score (nSPS) is 13.4. The number of nitrogens with one attached hydrogen (secondary N) is 2. The van der Waals surface area contributed by atoms with Gasteiger partial charge in [0, 0.05) is 24.5 Å². The van der Waals surface area contributed by atoms with Gasteiger partial charge in [0.25, 0.3) is 10.0 Å². The lowest BCUT2D eigenvalue weighted by Crippen LogP contribution is -2.27. The maximum atomic E-state index is 12.0. The van der Waals surface area contributed by atoms with Gasteiger partial charge in [0.05, 0.1) is 0 Å². The van der Waals surface area contributed by atoms with Crippen LogP contribution >= 0.6 is 11.8 Å². The highest BCUT2D eigenvalue weighted by Gasteiger charge is 2.15. The Kier molecular flexibility index (Phi) is 6.78. The van der Waals surface area contributed by atoms with Gasteiger partial charge >= 0.3 is 0 Å². The fourth-order valence-electron chi connectivity index (χ4n) is 1.47. The molecule has 1 rings (SSSR count). The molecule has 1 aromatic rings. The van der Waals surface area contributed by atoms with Crippen molar-refractivity contribution in [3.63, 3.8) is 0 Å². The van der Waals surface area contributed by atoms with Gasteiger partial charge in [-0.1, -0.05) is 13.0 Å². The Balaban J connectivity index is 2.61. The largest absolute Gasteiger partial charge is 0.316 e. The van der Waals surface area contributed by atoms with Crippen LogP contribution in [0.2, 0.25) is 0 Å².